The smallest absolute Gasteiger partial charge is 0.349 e. The summed E-state index contributed by atoms with van der Waals surface area (Å²) in [6, 6.07) is 4.92. The van der Waals surface area contributed by atoms with Gasteiger partial charge in [0.1, 0.15) is 0 Å². The molecule has 1 aliphatic rings. The first-order chi connectivity index (χ1) is 10.6. The lowest BCUT2D eigenvalue weighted by atomic mass is 9.85. The van der Waals surface area contributed by atoms with Crippen LogP contribution in [0.2, 0.25) is 0 Å². The molecule has 0 aliphatic heterocycles. The van der Waals surface area contributed by atoms with Crippen molar-refractivity contribution in [3.8, 4) is 0 Å². The maximum Gasteiger partial charge on any atom is 0.391 e. The highest BCUT2D eigenvalue weighted by atomic mass is 32.2. The number of amides is 1. The fraction of sp³-hybridized carbons (Fsp3) is 0.533. The van der Waals surface area contributed by atoms with E-state index in [4.69, 9.17) is 0 Å². The molecule has 2 rings (SSSR count). The number of carbonyl (C=O) groups excluding carboxylic acids is 1. The van der Waals surface area contributed by atoms with Crippen molar-refractivity contribution in [2.45, 2.75) is 42.8 Å². The molecule has 128 valence electrons. The molecule has 2 unspecified atom stereocenters. The number of hydrogen-bond donors (Lipinski definition) is 1. The second-order valence-corrected chi connectivity index (χ2v) is 7.89. The summed E-state index contributed by atoms with van der Waals surface area (Å²) < 4.78 is 61.3. The zero-order chi connectivity index (χ0) is 17.3. The fourth-order valence-electron chi connectivity index (χ4n) is 2.75. The fourth-order valence-corrected chi connectivity index (χ4v) is 3.42. The van der Waals surface area contributed by atoms with Crippen LogP contribution in [0.25, 0.3) is 0 Å². The Balaban J connectivity index is 2.07. The van der Waals surface area contributed by atoms with Gasteiger partial charge in [0.15, 0.2) is 9.84 Å². The van der Waals surface area contributed by atoms with E-state index in [0.717, 1.165) is 6.26 Å². The number of alkyl halides is 3. The minimum atomic E-state index is -4.25. The highest BCUT2D eigenvalue weighted by Gasteiger charge is 2.42. The average molecular weight is 349 g/mol. The third-order valence-corrected chi connectivity index (χ3v) is 5.11. The Labute approximate surface area is 133 Å². The highest BCUT2D eigenvalue weighted by molar-refractivity contribution is 7.90. The van der Waals surface area contributed by atoms with Crippen LogP contribution >= 0.6 is 0 Å². The molecular weight excluding hydrogens is 331 g/mol. The zero-order valence-corrected chi connectivity index (χ0v) is 13.4. The Bertz CT molecular complexity index is 685. The molecule has 1 fully saturated rings. The largest absolute Gasteiger partial charge is 0.391 e. The van der Waals surface area contributed by atoms with Crippen LogP contribution in [0.1, 0.15) is 36.0 Å². The summed E-state index contributed by atoms with van der Waals surface area (Å²) in [6.07, 6.45) is -2.39. The van der Waals surface area contributed by atoms with E-state index in [1.54, 1.807) is 0 Å². The van der Waals surface area contributed by atoms with Gasteiger partial charge in [-0.2, -0.15) is 13.2 Å². The maximum absolute atomic E-state index is 12.8. The lowest BCUT2D eigenvalue weighted by Crippen LogP contribution is -2.41. The molecule has 0 saturated heterocycles. The normalized spacial score (nSPS) is 22.6. The molecule has 1 N–H and O–H groups in total. The summed E-state index contributed by atoms with van der Waals surface area (Å²) in [5.74, 6) is -1.95. The Morgan fingerprint density at radius 3 is 2.57 bits per heavy atom. The number of sulfone groups is 1. The minimum Gasteiger partial charge on any atom is -0.349 e. The molecular formula is C15H18F3NO3S. The van der Waals surface area contributed by atoms with Crippen LogP contribution in [-0.2, 0) is 9.84 Å². The summed E-state index contributed by atoms with van der Waals surface area (Å²) >= 11 is 0. The molecule has 0 heterocycles. The molecule has 1 saturated carbocycles. The molecule has 0 bridgehead atoms. The van der Waals surface area contributed by atoms with Gasteiger partial charge in [0.2, 0.25) is 0 Å². The summed E-state index contributed by atoms with van der Waals surface area (Å²) in [4.78, 5) is 12.2. The van der Waals surface area contributed by atoms with Gasteiger partial charge in [0, 0.05) is 17.9 Å². The van der Waals surface area contributed by atoms with Crippen LogP contribution in [0.4, 0.5) is 13.2 Å². The molecule has 1 amide bonds. The van der Waals surface area contributed by atoms with Crippen LogP contribution in [-0.4, -0.2) is 32.8 Å². The van der Waals surface area contributed by atoms with Crippen LogP contribution in [0.3, 0.4) is 0 Å². The molecule has 1 aromatic rings. The Kier molecular flexibility index (Phi) is 5.03. The Morgan fingerprint density at radius 1 is 1.26 bits per heavy atom. The molecule has 2 atom stereocenters. The summed E-state index contributed by atoms with van der Waals surface area (Å²) in [6.45, 7) is 0. The molecule has 4 nitrogen and oxygen atoms in total. The zero-order valence-electron chi connectivity index (χ0n) is 12.6. The number of hydrogen-bond acceptors (Lipinski definition) is 3. The van der Waals surface area contributed by atoms with E-state index in [1.165, 1.54) is 24.3 Å². The highest BCUT2D eigenvalue weighted by Crippen LogP contribution is 2.37. The van der Waals surface area contributed by atoms with Crippen LogP contribution in [0.5, 0.6) is 0 Å². The van der Waals surface area contributed by atoms with Crippen LogP contribution < -0.4 is 5.32 Å². The third-order valence-electron chi connectivity index (χ3n) is 4.00. The predicted octanol–water partition coefficient (Wildman–Crippen LogP) is 2.94. The molecule has 8 heteroatoms. The number of halogens is 3. The van der Waals surface area contributed by atoms with E-state index in [-0.39, 0.29) is 23.3 Å². The second-order valence-electron chi connectivity index (χ2n) is 5.88. The van der Waals surface area contributed by atoms with Gasteiger partial charge in [0.05, 0.1) is 10.8 Å². The first kappa shape index (κ1) is 17.8. The van der Waals surface area contributed by atoms with Crippen molar-refractivity contribution in [1.82, 2.24) is 5.32 Å². The van der Waals surface area contributed by atoms with E-state index in [1.807, 2.05) is 0 Å². The second kappa shape index (κ2) is 6.51. The van der Waals surface area contributed by atoms with Crippen molar-refractivity contribution in [2.75, 3.05) is 6.26 Å². The van der Waals surface area contributed by atoms with Gasteiger partial charge < -0.3 is 5.32 Å². The lowest BCUT2D eigenvalue weighted by Gasteiger charge is -2.31. The van der Waals surface area contributed by atoms with Gasteiger partial charge >= 0.3 is 6.18 Å². The van der Waals surface area contributed by atoms with Crippen LogP contribution in [0.15, 0.2) is 29.2 Å². The summed E-state index contributed by atoms with van der Waals surface area (Å²) in [5, 5.41) is 2.58. The van der Waals surface area contributed by atoms with Crippen molar-refractivity contribution in [3.63, 3.8) is 0 Å². The Morgan fingerprint density at radius 2 is 1.96 bits per heavy atom. The van der Waals surface area contributed by atoms with E-state index < -0.39 is 33.9 Å². The van der Waals surface area contributed by atoms with E-state index in [0.29, 0.717) is 12.8 Å². The van der Waals surface area contributed by atoms with Crippen molar-refractivity contribution in [1.29, 1.82) is 0 Å². The first-order valence-corrected chi connectivity index (χ1v) is 9.14. The minimum absolute atomic E-state index is 0.00182. The Hall–Kier alpha value is -1.57. The number of benzene rings is 1. The molecule has 0 spiro atoms. The number of nitrogens with one attached hydrogen (secondary N) is 1. The molecule has 0 aromatic heterocycles. The van der Waals surface area contributed by atoms with Gasteiger partial charge in [-0.3, -0.25) is 4.79 Å². The number of rotatable bonds is 3. The summed E-state index contributed by atoms with van der Waals surface area (Å²) in [7, 11) is -3.45. The van der Waals surface area contributed by atoms with E-state index in [2.05, 4.69) is 5.32 Å². The standard InChI is InChI=1S/C15H18F3NO3S/c1-23(21,22)13-7-2-4-10(8-13)14(20)19-12-6-3-5-11(9-12)15(16,17)18/h2,4,7-8,11-12H,3,5-6,9H2,1H3,(H,19,20). The monoisotopic (exact) mass is 349 g/mol. The molecule has 23 heavy (non-hydrogen) atoms. The predicted molar refractivity (Wildman–Crippen MR) is 78.8 cm³/mol. The van der Waals surface area contributed by atoms with Gasteiger partial charge in [0.25, 0.3) is 5.91 Å². The van der Waals surface area contributed by atoms with Crippen LogP contribution in [0, 0.1) is 5.92 Å². The lowest BCUT2D eigenvalue weighted by molar-refractivity contribution is -0.183. The average Bonchev–Trinajstić information content (AvgIpc) is 2.46. The van der Waals surface area contributed by atoms with Gasteiger partial charge in [-0.15, -0.1) is 0 Å². The first-order valence-electron chi connectivity index (χ1n) is 7.25. The van der Waals surface area contributed by atoms with Crippen molar-refractivity contribution < 1.29 is 26.4 Å². The van der Waals surface area contributed by atoms with Gasteiger partial charge in [-0.05, 0) is 37.5 Å². The molecule has 1 aromatic carbocycles. The van der Waals surface area contributed by atoms with E-state index >= 15 is 0 Å². The maximum atomic E-state index is 12.8. The van der Waals surface area contributed by atoms with Gasteiger partial charge in [-0.1, -0.05) is 12.5 Å². The van der Waals surface area contributed by atoms with Crippen molar-refractivity contribution >= 4 is 15.7 Å². The topological polar surface area (TPSA) is 63.2 Å². The van der Waals surface area contributed by atoms with Gasteiger partial charge in [-0.25, -0.2) is 8.42 Å². The quantitative estimate of drug-likeness (QED) is 0.913. The van der Waals surface area contributed by atoms with E-state index in [9.17, 15) is 26.4 Å². The molecule has 0 radical (unpaired) electrons. The van der Waals surface area contributed by atoms with Crippen molar-refractivity contribution in [2.24, 2.45) is 5.92 Å². The summed E-state index contributed by atoms with van der Waals surface area (Å²) in [5.41, 5.74) is 0.127. The van der Waals surface area contributed by atoms with Crippen molar-refractivity contribution in [3.05, 3.63) is 29.8 Å². The molecule has 1 aliphatic carbocycles. The number of carbonyl (C=O) groups is 1. The SMILES string of the molecule is CS(=O)(=O)c1cccc(C(=O)NC2CCCC(C(F)(F)F)C2)c1. The third kappa shape index (κ3) is 4.70.